The summed E-state index contributed by atoms with van der Waals surface area (Å²) in [7, 11) is 0. The molecule has 0 saturated carbocycles. The summed E-state index contributed by atoms with van der Waals surface area (Å²) in [6.07, 6.45) is 0. The second-order valence-corrected chi connectivity index (χ2v) is 6.73. The first-order valence-corrected chi connectivity index (χ1v) is 7.93. The van der Waals surface area contributed by atoms with Crippen LogP contribution in [0.4, 0.5) is 0 Å². The van der Waals surface area contributed by atoms with Crippen LogP contribution >= 0.6 is 11.8 Å². The molecule has 0 N–H and O–H groups in total. The normalized spacial score (nSPS) is 11.4. The Morgan fingerprint density at radius 1 is 1.26 bits per heavy atom. The van der Waals surface area contributed by atoms with E-state index in [-0.39, 0.29) is 11.2 Å². The first kappa shape index (κ1) is 16.1. The Labute approximate surface area is 120 Å². The van der Waals surface area contributed by atoms with E-state index in [0.29, 0.717) is 18.1 Å². The predicted molar refractivity (Wildman–Crippen MR) is 83.6 cm³/mol. The zero-order valence-electron chi connectivity index (χ0n) is 12.6. The van der Waals surface area contributed by atoms with Crippen molar-refractivity contribution >= 4 is 17.5 Å². The van der Waals surface area contributed by atoms with Crippen molar-refractivity contribution in [2.45, 2.75) is 40.0 Å². The zero-order valence-corrected chi connectivity index (χ0v) is 13.4. The van der Waals surface area contributed by atoms with Gasteiger partial charge in [-0.1, -0.05) is 33.8 Å². The third kappa shape index (κ3) is 4.57. The number of hydrogen-bond acceptors (Lipinski definition) is 3. The largest absolute Gasteiger partial charge is 0.493 e. The number of Topliss-reactive ketones (excluding diaryl/α,β-unsaturated/α-hetero) is 1. The number of ether oxygens (including phenoxy) is 1. The van der Waals surface area contributed by atoms with Gasteiger partial charge in [-0.3, -0.25) is 4.79 Å². The molecular weight excluding hydrogens is 256 g/mol. The molecule has 0 aliphatic carbocycles. The lowest BCUT2D eigenvalue weighted by Crippen LogP contribution is -2.14. The Balaban J connectivity index is 3.11. The van der Waals surface area contributed by atoms with Crippen LogP contribution in [0.5, 0.6) is 5.75 Å². The van der Waals surface area contributed by atoms with Crippen molar-refractivity contribution in [2.75, 3.05) is 18.1 Å². The predicted octanol–water partition coefficient (Wildman–Crippen LogP) is 4.32. The average Bonchev–Trinajstić information content (AvgIpc) is 2.35. The first-order valence-electron chi connectivity index (χ1n) is 6.78. The highest BCUT2D eigenvalue weighted by molar-refractivity contribution is 7.99. The van der Waals surface area contributed by atoms with Crippen LogP contribution in [-0.4, -0.2) is 23.9 Å². The number of thioether (sulfide) groups is 1. The van der Waals surface area contributed by atoms with Gasteiger partial charge in [0.15, 0.2) is 5.78 Å². The fraction of sp³-hybridized carbons (Fsp3) is 0.562. The van der Waals surface area contributed by atoms with E-state index in [1.54, 1.807) is 11.8 Å². The highest BCUT2D eigenvalue weighted by Crippen LogP contribution is 2.29. The van der Waals surface area contributed by atoms with Gasteiger partial charge in [0.05, 0.1) is 17.9 Å². The van der Waals surface area contributed by atoms with Crippen LogP contribution in [0, 0.1) is 0 Å². The lowest BCUT2D eigenvalue weighted by atomic mass is 9.85. The Morgan fingerprint density at radius 2 is 1.95 bits per heavy atom. The molecule has 0 unspecified atom stereocenters. The molecule has 0 atom stereocenters. The lowest BCUT2D eigenvalue weighted by molar-refractivity contribution is 0.101. The number of hydrogen-bond donors (Lipinski definition) is 0. The highest BCUT2D eigenvalue weighted by atomic mass is 32.2. The van der Waals surface area contributed by atoms with Crippen molar-refractivity contribution in [3.8, 4) is 5.75 Å². The number of benzene rings is 1. The van der Waals surface area contributed by atoms with E-state index in [9.17, 15) is 4.79 Å². The molecule has 3 heteroatoms. The van der Waals surface area contributed by atoms with Crippen LogP contribution in [0.25, 0.3) is 0 Å². The second kappa shape index (κ2) is 6.99. The summed E-state index contributed by atoms with van der Waals surface area (Å²) in [4.78, 5) is 12.3. The smallest absolute Gasteiger partial charge is 0.176 e. The van der Waals surface area contributed by atoms with Gasteiger partial charge in [0.1, 0.15) is 5.75 Å². The van der Waals surface area contributed by atoms with Crippen LogP contribution in [0.1, 0.15) is 50.5 Å². The van der Waals surface area contributed by atoms with Crippen LogP contribution in [-0.2, 0) is 5.41 Å². The van der Waals surface area contributed by atoms with Crippen LogP contribution in [0.15, 0.2) is 18.2 Å². The molecule has 1 aromatic rings. The van der Waals surface area contributed by atoms with Gasteiger partial charge in [-0.05, 0) is 35.8 Å². The molecule has 0 radical (unpaired) electrons. The van der Waals surface area contributed by atoms with Crippen LogP contribution in [0.2, 0.25) is 0 Å². The summed E-state index contributed by atoms with van der Waals surface area (Å²) >= 11 is 1.65. The lowest BCUT2D eigenvalue weighted by Gasteiger charge is -2.21. The molecular formula is C16H24O2S. The molecule has 0 heterocycles. The molecule has 0 bridgehead atoms. The molecule has 0 amide bonds. The van der Waals surface area contributed by atoms with Gasteiger partial charge < -0.3 is 4.74 Å². The molecule has 106 valence electrons. The summed E-state index contributed by atoms with van der Waals surface area (Å²) in [6, 6.07) is 5.96. The number of rotatable bonds is 6. The van der Waals surface area contributed by atoms with E-state index in [1.807, 2.05) is 19.1 Å². The van der Waals surface area contributed by atoms with E-state index in [0.717, 1.165) is 11.3 Å². The standard InChI is InChI=1S/C16H24O2S/c1-6-18-15-9-8-12(16(3,4)5)10-13(15)14(17)11-19-7-2/h8-10H,6-7,11H2,1-5H3. The molecule has 1 aromatic carbocycles. The maximum absolute atomic E-state index is 12.3. The van der Waals surface area contributed by atoms with E-state index in [2.05, 4.69) is 33.8 Å². The van der Waals surface area contributed by atoms with E-state index in [4.69, 9.17) is 4.74 Å². The highest BCUT2D eigenvalue weighted by Gasteiger charge is 2.19. The molecule has 0 saturated heterocycles. The van der Waals surface area contributed by atoms with Crippen molar-refractivity contribution in [3.05, 3.63) is 29.3 Å². The fourth-order valence-electron chi connectivity index (χ4n) is 1.77. The molecule has 0 aliphatic rings. The molecule has 0 fully saturated rings. The SMILES string of the molecule is CCOc1ccc(C(C)(C)C)cc1C(=O)CSCC. The van der Waals surface area contributed by atoms with Crippen molar-refractivity contribution in [1.29, 1.82) is 0 Å². The van der Waals surface area contributed by atoms with Gasteiger partial charge in [0, 0.05) is 0 Å². The van der Waals surface area contributed by atoms with Crippen LogP contribution in [0.3, 0.4) is 0 Å². The van der Waals surface area contributed by atoms with Gasteiger partial charge in [-0.25, -0.2) is 0 Å². The van der Waals surface area contributed by atoms with Crippen molar-refractivity contribution in [2.24, 2.45) is 0 Å². The van der Waals surface area contributed by atoms with Gasteiger partial charge in [-0.15, -0.1) is 0 Å². The summed E-state index contributed by atoms with van der Waals surface area (Å²) < 4.78 is 5.58. The number of ketones is 1. The molecule has 0 spiro atoms. The van der Waals surface area contributed by atoms with E-state index >= 15 is 0 Å². The van der Waals surface area contributed by atoms with Gasteiger partial charge in [0.25, 0.3) is 0 Å². The fourth-order valence-corrected chi connectivity index (χ4v) is 2.31. The Kier molecular flexibility index (Phi) is 5.92. The molecule has 2 nitrogen and oxygen atoms in total. The quantitative estimate of drug-likeness (QED) is 0.726. The first-order chi connectivity index (χ1) is 8.90. The molecule has 0 aliphatic heterocycles. The average molecular weight is 280 g/mol. The zero-order chi connectivity index (χ0) is 14.5. The third-order valence-corrected chi connectivity index (χ3v) is 3.76. The minimum Gasteiger partial charge on any atom is -0.493 e. The Bertz CT molecular complexity index is 433. The topological polar surface area (TPSA) is 26.3 Å². The Morgan fingerprint density at radius 3 is 2.47 bits per heavy atom. The number of carbonyl (C=O) groups excluding carboxylic acids is 1. The van der Waals surface area contributed by atoms with Gasteiger partial charge >= 0.3 is 0 Å². The van der Waals surface area contributed by atoms with Crippen molar-refractivity contribution in [3.63, 3.8) is 0 Å². The minimum atomic E-state index is 0.0394. The van der Waals surface area contributed by atoms with Gasteiger partial charge in [0.2, 0.25) is 0 Å². The molecule has 0 aromatic heterocycles. The summed E-state index contributed by atoms with van der Waals surface area (Å²) in [5.74, 6) is 2.33. The molecule has 1 rings (SSSR count). The molecule has 19 heavy (non-hydrogen) atoms. The Hall–Kier alpha value is -0.960. The third-order valence-electron chi connectivity index (χ3n) is 2.88. The summed E-state index contributed by atoms with van der Waals surface area (Å²) in [5, 5.41) is 0. The van der Waals surface area contributed by atoms with Crippen molar-refractivity contribution < 1.29 is 9.53 Å². The summed E-state index contributed by atoms with van der Waals surface area (Å²) in [6.45, 7) is 11.0. The summed E-state index contributed by atoms with van der Waals surface area (Å²) in [5.41, 5.74) is 1.92. The van der Waals surface area contributed by atoms with E-state index in [1.165, 1.54) is 5.56 Å². The van der Waals surface area contributed by atoms with E-state index < -0.39 is 0 Å². The second-order valence-electron chi connectivity index (χ2n) is 5.45. The minimum absolute atomic E-state index is 0.0394. The van der Waals surface area contributed by atoms with Crippen LogP contribution < -0.4 is 4.74 Å². The van der Waals surface area contributed by atoms with Crippen molar-refractivity contribution in [1.82, 2.24) is 0 Å². The monoisotopic (exact) mass is 280 g/mol. The van der Waals surface area contributed by atoms with Gasteiger partial charge in [-0.2, -0.15) is 11.8 Å². The number of carbonyl (C=O) groups is 1. The maximum Gasteiger partial charge on any atom is 0.176 e. The maximum atomic E-state index is 12.3.